The number of nitrogens with one attached hydrogen (secondary N) is 1. The van der Waals surface area contributed by atoms with Crippen molar-refractivity contribution in [1.29, 1.82) is 5.26 Å². The Hall–Kier alpha value is -4.25. The number of carbonyl (C=O) groups excluding carboxylic acids is 2. The number of amides is 1. The van der Waals surface area contributed by atoms with Crippen molar-refractivity contribution in [2.45, 2.75) is 0 Å². The molecule has 3 N–H and O–H groups in total. The number of nitrogens with zero attached hydrogens (tertiary/aromatic N) is 2. The van der Waals surface area contributed by atoms with Crippen LogP contribution in [0.1, 0.15) is 26.4 Å². The molecule has 0 saturated heterocycles. The van der Waals surface area contributed by atoms with Crippen LogP contribution in [0.25, 0.3) is 5.69 Å². The van der Waals surface area contributed by atoms with Crippen LogP contribution in [0.4, 0.5) is 11.4 Å². The molecule has 0 aliphatic heterocycles. The Bertz CT molecular complexity index is 1130. The van der Waals surface area contributed by atoms with E-state index in [1.54, 1.807) is 48.5 Å². The fourth-order valence-electron chi connectivity index (χ4n) is 2.92. The van der Waals surface area contributed by atoms with Crippen LogP contribution in [0.3, 0.4) is 0 Å². The van der Waals surface area contributed by atoms with Crippen LogP contribution in [0.5, 0.6) is 5.75 Å². The van der Waals surface area contributed by atoms with Gasteiger partial charge in [-0.3, -0.25) is 4.79 Å². The number of ether oxygens (including phenoxy) is 2. The minimum absolute atomic E-state index is 0.0145. The maximum Gasteiger partial charge on any atom is 0.357 e. The first kappa shape index (κ1) is 19.5. The van der Waals surface area contributed by atoms with Gasteiger partial charge in [-0.25, -0.2) is 4.79 Å². The molecule has 0 aliphatic rings. The fraction of sp³-hybridized carbons (Fsp3) is 0.0952. The molecule has 0 spiro atoms. The minimum atomic E-state index is -0.719. The largest absolute Gasteiger partial charge is 0.495 e. The molecule has 0 unspecified atom stereocenters. The predicted octanol–water partition coefficient (Wildman–Crippen LogP) is 2.98. The molecule has 0 aliphatic carbocycles. The molecule has 8 heteroatoms. The molecule has 2 aromatic carbocycles. The first-order valence-electron chi connectivity index (χ1n) is 8.54. The Morgan fingerprint density at radius 1 is 1.10 bits per heavy atom. The molecule has 3 aromatic rings. The maximum atomic E-state index is 13.0. The van der Waals surface area contributed by atoms with Crippen LogP contribution >= 0.6 is 0 Å². The Balaban J connectivity index is 2.10. The Labute approximate surface area is 167 Å². The SMILES string of the molecule is COC(=O)c1c(N)c(C#N)cn1-c1ccccc1C(=O)Nc1ccccc1OC. The van der Waals surface area contributed by atoms with Crippen LogP contribution in [0.15, 0.2) is 54.7 Å². The quantitative estimate of drug-likeness (QED) is 0.647. The van der Waals surface area contributed by atoms with E-state index in [1.165, 1.54) is 25.0 Å². The van der Waals surface area contributed by atoms with E-state index in [2.05, 4.69) is 5.32 Å². The van der Waals surface area contributed by atoms with Crippen LogP contribution in [-0.4, -0.2) is 30.7 Å². The minimum Gasteiger partial charge on any atom is -0.495 e. The van der Waals surface area contributed by atoms with Crippen molar-refractivity contribution in [3.05, 3.63) is 71.5 Å². The standard InChI is InChI=1S/C21H18N4O4/c1-28-17-10-6-4-8-15(17)24-20(26)14-7-3-5-9-16(14)25-12-13(11-22)18(23)19(25)21(27)29-2/h3-10,12H,23H2,1-2H3,(H,24,26). The average Bonchev–Trinajstić information content (AvgIpc) is 3.09. The Morgan fingerprint density at radius 2 is 1.79 bits per heavy atom. The van der Waals surface area contributed by atoms with E-state index >= 15 is 0 Å². The van der Waals surface area contributed by atoms with E-state index in [-0.39, 0.29) is 22.5 Å². The molecule has 1 aromatic heterocycles. The first-order valence-corrected chi connectivity index (χ1v) is 8.54. The number of rotatable bonds is 5. The van der Waals surface area contributed by atoms with Crippen LogP contribution in [-0.2, 0) is 4.74 Å². The number of carbonyl (C=O) groups is 2. The average molecular weight is 390 g/mol. The summed E-state index contributed by atoms with van der Waals surface area (Å²) in [6, 6.07) is 15.6. The highest BCUT2D eigenvalue weighted by Crippen LogP contribution is 2.28. The van der Waals surface area contributed by atoms with E-state index < -0.39 is 11.9 Å². The number of nitriles is 1. The molecule has 0 atom stereocenters. The number of esters is 1. The van der Waals surface area contributed by atoms with Crippen molar-refractivity contribution in [2.24, 2.45) is 0 Å². The fourth-order valence-corrected chi connectivity index (χ4v) is 2.92. The van der Waals surface area contributed by atoms with Gasteiger partial charge in [0.05, 0.1) is 42.4 Å². The molecule has 0 saturated carbocycles. The summed E-state index contributed by atoms with van der Waals surface area (Å²) < 4.78 is 11.4. The molecular formula is C21H18N4O4. The second-order valence-electron chi connectivity index (χ2n) is 5.95. The number of benzene rings is 2. The second-order valence-corrected chi connectivity index (χ2v) is 5.95. The molecule has 3 rings (SSSR count). The van der Waals surface area contributed by atoms with Gasteiger partial charge in [0, 0.05) is 6.20 Å². The van der Waals surface area contributed by atoms with Gasteiger partial charge in [0.2, 0.25) is 0 Å². The monoisotopic (exact) mass is 390 g/mol. The summed E-state index contributed by atoms with van der Waals surface area (Å²) in [6.07, 6.45) is 1.40. The number of nitrogen functional groups attached to an aromatic ring is 1. The first-order chi connectivity index (χ1) is 14.0. The van der Waals surface area contributed by atoms with E-state index in [0.29, 0.717) is 17.1 Å². The number of aromatic nitrogens is 1. The summed E-state index contributed by atoms with van der Waals surface area (Å²) in [4.78, 5) is 25.3. The van der Waals surface area contributed by atoms with Gasteiger partial charge in [-0.05, 0) is 24.3 Å². The van der Waals surface area contributed by atoms with Crippen molar-refractivity contribution in [3.63, 3.8) is 0 Å². The lowest BCUT2D eigenvalue weighted by atomic mass is 10.1. The van der Waals surface area contributed by atoms with Gasteiger partial charge < -0.3 is 25.1 Å². The third-order valence-electron chi connectivity index (χ3n) is 4.31. The predicted molar refractivity (Wildman–Crippen MR) is 107 cm³/mol. The van der Waals surface area contributed by atoms with E-state index in [1.807, 2.05) is 6.07 Å². The van der Waals surface area contributed by atoms with E-state index in [9.17, 15) is 14.9 Å². The highest BCUT2D eigenvalue weighted by Gasteiger charge is 2.24. The van der Waals surface area contributed by atoms with Gasteiger partial charge in [-0.15, -0.1) is 0 Å². The molecule has 146 valence electrons. The summed E-state index contributed by atoms with van der Waals surface area (Å²) in [7, 11) is 2.72. The zero-order valence-electron chi connectivity index (χ0n) is 15.8. The van der Waals surface area contributed by atoms with Crippen LogP contribution < -0.4 is 15.8 Å². The highest BCUT2D eigenvalue weighted by molar-refractivity contribution is 6.08. The summed E-state index contributed by atoms with van der Waals surface area (Å²) >= 11 is 0. The molecule has 8 nitrogen and oxygen atoms in total. The Morgan fingerprint density at radius 3 is 2.48 bits per heavy atom. The number of para-hydroxylation sites is 3. The third-order valence-corrected chi connectivity index (χ3v) is 4.31. The molecule has 0 fully saturated rings. The van der Waals surface area contributed by atoms with Gasteiger partial charge in [-0.1, -0.05) is 24.3 Å². The summed E-state index contributed by atoms with van der Waals surface area (Å²) in [6.45, 7) is 0. The van der Waals surface area contributed by atoms with Crippen molar-refractivity contribution in [3.8, 4) is 17.5 Å². The van der Waals surface area contributed by atoms with Gasteiger partial charge in [0.15, 0.2) is 5.69 Å². The lowest BCUT2D eigenvalue weighted by Gasteiger charge is -2.14. The molecule has 1 amide bonds. The second kappa shape index (κ2) is 8.19. The third kappa shape index (κ3) is 3.61. The molecule has 1 heterocycles. The molecular weight excluding hydrogens is 372 g/mol. The van der Waals surface area contributed by atoms with Gasteiger partial charge in [0.25, 0.3) is 5.91 Å². The van der Waals surface area contributed by atoms with Crippen molar-refractivity contribution < 1.29 is 19.1 Å². The summed E-state index contributed by atoms with van der Waals surface area (Å²) in [5, 5.41) is 12.1. The number of hydrogen-bond acceptors (Lipinski definition) is 6. The highest BCUT2D eigenvalue weighted by atomic mass is 16.5. The van der Waals surface area contributed by atoms with Crippen molar-refractivity contribution in [2.75, 3.05) is 25.3 Å². The van der Waals surface area contributed by atoms with Crippen LogP contribution in [0.2, 0.25) is 0 Å². The van der Waals surface area contributed by atoms with E-state index in [0.717, 1.165) is 0 Å². The van der Waals surface area contributed by atoms with Gasteiger partial charge in [0.1, 0.15) is 11.8 Å². The van der Waals surface area contributed by atoms with Crippen LogP contribution in [0, 0.1) is 11.3 Å². The maximum absolute atomic E-state index is 13.0. The number of methoxy groups -OCH3 is 2. The van der Waals surface area contributed by atoms with Gasteiger partial charge in [-0.2, -0.15) is 5.26 Å². The number of anilines is 2. The topological polar surface area (TPSA) is 119 Å². The molecule has 0 radical (unpaired) electrons. The van der Waals surface area contributed by atoms with E-state index in [4.69, 9.17) is 15.2 Å². The summed E-state index contributed by atoms with van der Waals surface area (Å²) in [5.74, 6) is -0.638. The molecule has 0 bridgehead atoms. The van der Waals surface area contributed by atoms with Crippen molar-refractivity contribution in [1.82, 2.24) is 4.57 Å². The summed E-state index contributed by atoms with van der Waals surface area (Å²) in [5.41, 5.74) is 7.15. The zero-order chi connectivity index (χ0) is 21.0. The molecule has 29 heavy (non-hydrogen) atoms. The number of hydrogen-bond donors (Lipinski definition) is 2. The van der Waals surface area contributed by atoms with Crippen molar-refractivity contribution >= 4 is 23.3 Å². The smallest absolute Gasteiger partial charge is 0.357 e. The zero-order valence-corrected chi connectivity index (χ0v) is 15.8. The lowest BCUT2D eigenvalue weighted by molar-refractivity contribution is 0.0592. The normalized spacial score (nSPS) is 10.1. The Kier molecular flexibility index (Phi) is 5.51. The lowest BCUT2D eigenvalue weighted by Crippen LogP contribution is -2.17. The van der Waals surface area contributed by atoms with Gasteiger partial charge >= 0.3 is 5.97 Å². The number of nitrogens with two attached hydrogens (primary N) is 1.